The van der Waals surface area contributed by atoms with Crippen LogP contribution in [0.5, 0.6) is 0 Å². The summed E-state index contributed by atoms with van der Waals surface area (Å²) in [6, 6.07) is 11.5. The number of likely N-dealkylation sites (tertiary alicyclic amines) is 1. The zero-order chi connectivity index (χ0) is 23.8. The highest BCUT2D eigenvalue weighted by molar-refractivity contribution is 6.00. The number of nitrogen functional groups attached to an aromatic ring is 1. The minimum absolute atomic E-state index is 0.0189. The number of anilines is 1. The number of nitrogens with two attached hydrogens (primary N) is 1. The lowest BCUT2D eigenvalue weighted by Gasteiger charge is -2.18. The van der Waals surface area contributed by atoms with Crippen LogP contribution >= 0.6 is 0 Å². The Hall–Kier alpha value is -4.14. The Morgan fingerprint density at radius 3 is 2.76 bits per heavy atom. The number of amides is 2. The van der Waals surface area contributed by atoms with E-state index >= 15 is 0 Å². The van der Waals surface area contributed by atoms with E-state index in [-0.39, 0.29) is 23.7 Å². The molecule has 3 aromatic heterocycles. The van der Waals surface area contributed by atoms with Gasteiger partial charge < -0.3 is 20.5 Å². The molecule has 1 atom stereocenters. The van der Waals surface area contributed by atoms with Gasteiger partial charge in [0.2, 0.25) is 0 Å². The normalized spacial score (nSPS) is 15.7. The molecule has 2 amide bonds. The van der Waals surface area contributed by atoms with Crippen molar-refractivity contribution in [3.05, 3.63) is 66.2 Å². The van der Waals surface area contributed by atoms with E-state index in [1.807, 2.05) is 55.1 Å². The standard InChI is InChI=1S/C25H27N7O2/c1-3-32-21-7-5-4-6-16(21)11-22(32)25(34)31-9-8-19(15-31)29-24(33)20-10-17(12-27-23(20)26)18-13-28-30(2)14-18/h4-7,10-14,19H,3,8-9,15H2,1-2H3,(H2,26,27)(H,29,33)/t19-/m1/s1. The van der Waals surface area contributed by atoms with E-state index in [0.717, 1.165) is 22.0 Å². The number of hydrogen-bond acceptors (Lipinski definition) is 5. The SMILES string of the molecule is CCn1c(C(=O)N2CC[C@@H](NC(=O)c3cc(-c4cnn(C)c4)cnc3N)C2)cc2ccccc21. The molecule has 1 aromatic carbocycles. The van der Waals surface area contributed by atoms with Crippen molar-refractivity contribution in [1.82, 2.24) is 29.5 Å². The number of benzene rings is 1. The van der Waals surface area contributed by atoms with Crippen LogP contribution in [0, 0.1) is 0 Å². The predicted octanol–water partition coefficient (Wildman–Crippen LogP) is 2.68. The molecule has 1 saturated heterocycles. The molecule has 4 heterocycles. The van der Waals surface area contributed by atoms with Gasteiger partial charge in [0.1, 0.15) is 11.5 Å². The lowest BCUT2D eigenvalue weighted by atomic mass is 10.1. The van der Waals surface area contributed by atoms with Crippen molar-refractivity contribution in [2.75, 3.05) is 18.8 Å². The number of hydrogen-bond donors (Lipinski definition) is 2. The van der Waals surface area contributed by atoms with Crippen molar-refractivity contribution in [3.8, 4) is 11.1 Å². The number of nitrogens with zero attached hydrogens (tertiary/aromatic N) is 5. The first-order chi connectivity index (χ1) is 16.4. The van der Waals surface area contributed by atoms with Crippen molar-refractivity contribution in [2.24, 2.45) is 7.05 Å². The van der Waals surface area contributed by atoms with Crippen molar-refractivity contribution in [2.45, 2.75) is 25.9 Å². The minimum Gasteiger partial charge on any atom is -0.383 e. The summed E-state index contributed by atoms with van der Waals surface area (Å²) in [4.78, 5) is 32.3. The van der Waals surface area contributed by atoms with Gasteiger partial charge in [0.15, 0.2) is 0 Å². The van der Waals surface area contributed by atoms with E-state index in [1.54, 1.807) is 28.0 Å². The fraction of sp³-hybridized carbons (Fsp3) is 0.280. The number of nitrogens with one attached hydrogen (secondary N) is 1. The molecule has 1 fully saturated rings. The molecule has 0 aliphatic carbocycles. The molecular formula is C25H27N7O2. The quantitative estimate of drug-likeness (QED) is 0.479. The molecule has 9 nitrogen and oxygen atoms in total. The fourth-order valence-electron chi connectivity index (χ4n) is 4.60. The number of carbonyl (C=O) groups excluding carboxylic acids is 2. The predicted molar refractivity (Wildman–Crippen MR) is 130 cm³/mol. The van der Waals surface area contributed by atoms with Gasteiger partial charge in [-0.25, -0.2) is 4.98 Å². The van der Waals surface area contributed by atoms with Crippen LogP contribution < -0.4 is 11.1 Å². The summed E-state index contributed by atoms with van der Waals surface area (Å²) in [6.45, 7) is 3.78. The number of rotatable bonds is 5. The summed E-state index contributed by atoms with van der Waals surface area (Å²) in [6.07, 6.45) is 5.88. The molecule has 0 radical (unpaired) electrons. The van der Waals surface area contributed by atoms with Crippen LogP contribution in [0.2, 0.25) is 0 Å². The van der Waals surface area contributed by atoms with Crippen LogP contribution in [0.3, 0.4) is 0 Å². The highest BCUT2D eigenvalue weighted by atomic mass is 16.2. The van der Waals surface area contributed by atoms with Gasteiger partial charge in [0, 0.05) is 67.1 Å². The van der Waals surface area contributed by atoms with E-state index in [2.05, 4.69) is 15.4 Å². The Balaban J connectivity index is 1.30. The first-order valence-electron chi connectivity index (χ1n) is 11.4. The largest absolute Gasteiger partial charge is 0.383 e. The van der Waals surface area contributed by atoms with Crippen LogP contribution in [0.1, 0.15) is 34.2 Å². The summed E-state index contributed by atoms with van der Waals surface area (Å²) < 4.78 is 3.73. The van der Waals surface area contributed by atoms with E-state index in [9.17, 15) is 9.59 Å². The first kappa shape index (κ1) is 21.7. The van der Waals surface area contributed by atoms with Gasteiger partial charge >= 0.3 is 0 Å². The highest BCUT2D eigenvalue weighted by Crippen LogP contribution is 2.24. The molecule has 9 heteroatoms. The lowest BCUT2D eigenvalue weighted by Crippen LogP contribution is -2.39. The molecule has 0 unspecified atom stereocenters. The second-order valence-corrected chi connectivity index (χ2v) is 8.60. The van der Waals surface area contributed by atoms with Gasteiger partial charge in [-0.1, -0.05) is 18.2 Å². The Labute approximate surface area is 197 Å². The molecule has 4 aromatic rings. The van der Waals surface area contributed by atoms with Crippen LogP contribution in [-0.4, -0.2) is 55.2 Å². The van der Waals surface area contributed by atoms with Crippen molar-refractivity contribution >= 4 is 28.5 Å². The molecule has 0 spiro atoms. The number of aromatic nitrogens is 4. The monoisotopic (exact) mass is 457 g/mol. The third-order valence-corrected chi connectivity index (χ3v) is 6.36. The zero-order valence-electron chi connectivity index (χ0n) is 19.2. The maximum Gasteiger partial charge on any atom is 0.270 e. The van der Waals surface area contributed by atoms with E-state index in [4.69, 9.17) is 5.73 Å². The Bertz CT molecular complexity index is 1390. The Morgan fingerprint density at radius 2 is 2.00 bits per heavy atom. The number of pyridine rings is 1. The fourth-order valence-corrected chi connectivity index (χ4v) is 4.60. The van der Waals surface area contributed by atoms with Gasteiger partial charge in [0.25, 0.3) is 11.8 Å². The van der Waals surface area contributed by atoms with Gasteiger partial charge in [-0.2, -0.15) is 5.10 Å². The third kappa shape index (κ3) is 3.89. The smallest absolute Gasteiger partial charge is 0.270 e. The summed E-state index contributed by atoms with van der Waals surface area (Å²) in [7, 11) is 1.83. The minimum atomic E-state index is -0.294. The van der Waals surface area contributed by atoms with Crippen molar-refractivity contribution in [3.63, 3.8) is 0 Å². The Morgan fingerprint density at radius 1 is 1.18 bits per heavy atom. The maximum absolute atomic E-state index is 13.3. The molecule has 1 aliphatic heterocycles. The van der Waals surface area contributed by atoms with Gasteiger partial charge in [-0.05, 0) is 31.5 Å². The number of para-hydroxylation sites is 1. The molecule has 3 N–H and O–H groups in total. The lowest BCUT2D eigenvalue weighted by molar-refractivity contribution is 0.0773. The molecule has 174 valence electrons. The maximum atomic E-state index is 13.3. The molecule has 1 aliphatic rings. The van der Waals surface area contributed by atoms with Crippen molar-refractivity contribution < 1.29 is 9.59 Å². The summed E-state index contributed by atoms with van der Waals surface area (Å²) in [5.74, 6) is -0.143. The van der Waals surface area contributed by atoms with Gasteiger partial charge in [0.05, 0.1) is 11.8 Å². The van der Waals surface area contributed by atoms with Crippen molar-refractivity contribution in [1.29, 1.82) is 0 Å². The van der Waals surface area contributed by atoms with E-state index < -0.39 is 0 Å². The van der Waals surface area contributed by atoms with Crippen LogP contribution in [-0.2, 0) is 13.6 Å². The number of carbonyl (C=O) groups is 2. The second kappa shape index (κ2) is 8.66. The number of aryl methyl sites for hydroxylation is 2. The molecular weight excluding hydrogens is 430 g/mol. The molecule has 0 saturated carbocycles. The summed E-state index contributed by atoms with van der Waals surface area (Å²) >= 11 is 0. The van der Waals surface area contributed by atoms with Crippen LogP contribution in [0.4, 0.5) is 5.82 Å². The second-order valence-electron chi connectivity index (χ2n) is 8.60. The average molecular weight is 458 g/mol. The third-order valence-electron chi connectivity index (χ3n) is 6.36. The van der Waals surface area contributed by atoms with Crippen LogP contribution in [0.25, 0.3) is 22.0 Å². The summed E-state index contributed by atoms with van der Waals surface area (Å²) in [5.41, 5.74) is 9.67. The molecule has 34 heavy (non-hydrogen) atoms. The van der Waals surface area contributed by atoms with Crippen LogP contribution in [0.15, 0.2) is 55.0 Å². The van der Waals surface area contributed by atoms with E-state index in [1.165, 1.54) is 0 Å². The molecule has 0 bridgehead atoms. The Kier molecular flexibility index (Phi) is 5.53. The topological polar surface area (TPSA) is 111 Å². The molecule has 5 rings (SSSR count). The first-order valence-corrected chi connectivity index (χ1v) is 11.4. The van der Waals surface area contributed by atoms with Gasteiger partial charge in [-0.15, -0.1) is 0 Å². The van der Waals surface area contributed by atoms with E-state index in [0.29, 0.717) is 37.3 Å². The van der Waals surface area contributed by atoms with Gasteiger partial charge in [-0.3, -0.25) is 14.3 Å². The number of fused-ring (bicyclic) bond motifs is 1. The summed E-state index contributed by atoms with van der Waals surface area (Å²) in [5, 5.41) is 8.25. The average Bonchev–Trinajstić information content (AvgIpc) is 3.57. The zero-order valence-corrected chi connectivity index (χ0v) is 19.2. The highest BCUT2D eigenvalue weighted by Gasteiger charge is 2.30.